The van der Waals surface area contributed by atoms with Crippen molar-refractivity contribution in [2.24, 2.45) is 0 Å². The number of ether oxygens (including phenoxy) is 2. The number of benzene rings is 2. The van der Waals surface area contributed by atoms with E-state index in [0.29, 0.717) is 59.5 Å². The van der Waals surface area contributed by atoms with Gasteiger partial charge in [0.2, 0.25) is 0 Å². The molecular weight excluding hydrogens is 693 g/mol. The molecule has 7 rings (SSSR count). The molecule has 278 valence electrons. The molecule has 2 N–H and O–H groups in total. The second-order valence-electron chi connectivity index (χ2n) is 14.1. The van der Waals surface area contributed by atoms with Gasteiger partial charge >= 0.3 is 0 Å². The van der Waals surface area contributed by atoms with Gasteiger partial charge in [-0.15, -0.1) is 0 Å². The Hall–Kier alpha value is -5.32. The van der Waals surface area contributed by atoms with Crippen LogP contribution >= 0.6 is 0 Å². The average Bonchev–Trinajstić information content (AvgIpc) is 3.92. The quantitative estimate of drug-likeness (QED) is 0.123. The number of rotatable bonds is 12. The van der Waals surface area contributed by atoms with Gasteiger partial charge in [0, 0.05) is 58.5 Å². The second-order valence-corrected chi connectivity index (χ2v) is 14.1. The van der Waals surface area contributed by atoms with Gasteiger partial charge in [-0.2, -0.15) is 0 Å². The molecule has 0 saturated carbocycles. The summed E-state index contributed by atoms with van der Waals surface area (Å²) < 4.78 is 77.3. The lowest BCUT2D eigenvalue weighted by molar-refractivity contribution is 0.0621. The van der Waals surface area contributed by atoms with Crippen LogP contribution in [0.4, 0.5) is 17.6 Å². The Bertz CT molecular complexity index is 2420. The standard InChI is InChI=1S/C44H42F4N4O2/c1-25(29-13-31(45)17-32(46)14-29)9-11-53-27(3)41-21-39-20-37-6-5-35(49-37)19-36-7-8-38(50-36)23-43-42(22-40(52-43)24-44(41)51-39)28(4)54-12-10-26(2)30-15-33(47)18-34(48)16-30/h5-8,13-28,51-52H,9-12H2,1-4H3/i21D. The summed E-state index contributed by atoms with van der Waals surface area (Å²) in [5.74, 6) is -2.71. The molecule has 6 nitrogen and oxygen atoms in total. The monoisotopic (exact) mass is 735 g/mol. The molecule has 0 radical (unpaired) electrons. The fraction of sp³-hybridized carbons (Fsp3) is 0.273. The first-order valence-corrected chi connectivity index (χ1v) is 18.2. The maximum Gasteiger partial charge on any atom is 0.126 e. The van der Waals surface area contributed by atoms with Crippen molar-refractivity contribution < 1.29 is 28.4 Å². The molecule has 0 amide bonds. The van der Waals surface area contributed by atoms with Gasteiger partial charge in [0.05, 0.1) is 36.4 Å². The van der Waals surface area contributed by atoms with E-state index >= 15 is 0 Å². The summed E-state index contributed by atoms with van der Waals surface area (Å²) in [6.45, 7) is 8.32. The summed E-state index contributed by atoms with van der Waals surface area (Å²) in [5, 5.41) is 0. The van der Waals surface area contributed by atoms with E-state index in [0.717, 1.165) is 45.8 Å². The van der Waals surface area contributed by atoms with Crippen LogP contribution in [0.5, 0.6) is 0 Å². The van der Waals surface area contributed by atoms with Gasteiger partial charge in [-0.25, -0.2) is 27.5 Å². The van der Waals surface area contributed by atoms with Crippen molar-refractivity contribution in [3.05, 3.63) is 141 Å². The van der Waals surface area contributed by atoms with Crippen molar-refractivity contribution >= 4 is 46.4 Å². The maximum absolute atomic E-state index is 13.9. The molecule has 0 spiro atoms. The minimum Gasteiger partial charge on any atom is -0.374 e. The van der Waals surface area contributed by atoms with Gasteiger partial charge in [-0.3, -0.25) is 0 Å². The Morgan fingerprint density at radius 2 is 0.981 bits per heavy atom. The van der Waals surface area contributed by atoms with Gasteiger partial charge in [-0.05, 0) is 135 Å². The van der Waals surface area contributed by atoms with Crippen molar-refractivity contribution in [2.75, 3.05) is 13.2 Å². The number of halogens is 4. The Kier molecular flexibility index (Phi) is 10.6. The van der Waals surface area contributed by atoms with E-state index in [-0.39, 0.29) is 24.0 Å². The first kappa shape index (κ1) is 35.7. The molecule has 3 aromatic heterocycles. The second kappa shape index (κ2) is 16.0. The SMILES string of the molecule is [2H]c1c(C(C)OCCC(C)c2cc(F)cc(F)c2)c2cc3cc(C(C)OCCC(C)c4cc(F)cc(F)c4)c(cc4nc(cc5nc(cc1[nH]2)C=C5)C=C4)[nH]3. The molecule has 2 aliphatic rings. The van der Waals surface area contributed by atoms with Crippen molar-refractivity contribution in [3.8, 4) is 0 Å². The van der Waals surface area contributed by atoms with Gasteiger partial charge in [0.1, 0.15) is 23.3 Å². The highest BCUT2D eigenvalue weighted by molar-refractivity contribution is 5.79. The van der Waals surface area contributed by atoms with E-state index in [4.69, 9.17) is 19.4 Å². The van der Waals surface area contributed by atoms with Crippen LogP contribution < -0.4 is 0 Å². The number of H-pyrrole nitrogens is 2. The molecule has 8 bridgehead atoms. The highest BCUT2D eigenvalue weighted by Gasteiger charge is 2.17. The van der Waals surface area contributed by atoms with Crippen molar-refractivity contribution in [3.63, 3.8) is 0 Å². The van der Waals surface area contributed by atoms with E-state index in [2.05, 4.69) is 9.97 Å². The van der Waals surface area contributed by atoms with E-state index in [9.17, 15) is 18.9 Å². The molecule has 2 aliphatic heterocycles. The van der Waals surface area contributed by atoms with Gasteiger partial charge in [-0.1, -0.05) is 13.8 Å². The van der Waals surface area contributed by atoms with Crippen LogP contribution in [0, 0.1) is 23.3 Å². The van der Waals surface area contributed by atoms with E-state index in [1.807, 2.05) is 82.3 Å². The number of hydrogen-bond donors (Lipinski definition) is 2. The molecular formula is C44H42F4N4O2. The van der Waals surface area contributed by atoms with Crippen LogP contribution in [0.15, 0.2) is 72.8 Å². The van der Waals surface area contributed by atoms with Crippen molar-refractivity contribution in [2.45, 2.75) is 64.6 Å². The number of nitrogens with one attached hydrogen (secondary N) is 2. The Labute approximate surface area is 313 Å². The molecule has 5 heterocycles. The fourth-order valence-electron chi connectivity index (χ4n) is 6.79. The summed E-state index contributed by atoms with van der Waals surface area (Å²) in [6, 6.07) is 17.0. The van der Waals surface area contributed by atoms with Crippen molar-refractivity contribution in [1.82, 2.24) is 19.9 Å². The maximum atomic E-state index is 13.9. The van der Waals surface area contributed by atoms with Crippen LogP contribution in [-0.4, -0.2) is 33.1 Å². The lowest BCUT2D eigenvalue weighted by Crippen LogP contribution is -2.05. The molecule has 0 fully saturated rings. The topological polar surface area (TPSA) is 75.8 Å². The highest BCUT2D eigenvalue weighted by atomic mass is 19.1. The molecule has 0 saturated heterocycles. The summed E-state index contributed by atoms with van der Waals surface area (Å²) in [4.78, 5) is 16.5. The lowest BCUT2D eigenvalue weighted by atomic mass is 9.98. The van der Waals surface area contributed by atoms with E-state index < -0.39 is 29.4 Å². The van der Waals surface area contributed by atoms with Gasteiger partial charge in [0.25, 0.3) is 0 Å². The zero-order chi connectivity index (χ0) is 38.8. The zero-order valence-electron chi connectivity index (χ0n) is 31.5. The van der Waals surface area contributed by atoms with Crippen LogP contribution in [0.1, 0.15) is 111 Å². The first-order chi connectivity index (χ1) is 26.4. The van der Waals surface area contributed by atoms with Gasteiger partial charge in [0.15, 0.2) is 0 Å². The summed E-state index contributed by atoms with van der Waals surface area (Å²) in [7, 11) is 0. The number of aromatic nitrogens is 4. The molecule has 0 aliphatic carbocycles. The number of nitrogens with zero attached hydrogens (tertiary/aromatic N) is 2. The summed E-state index contributed by atoms with van der Waals surface area (Å²) in [6.07, 6.45) is 7.88. The number of aromatic amines is 2. The molecule has 10 heteroatoms. The van der Waals surface area contributed by atoms with Crippen LogP contribution in [0.25, 0.3) is 46.4 Å². The Balaban J connectivity index is 1.22. The smallest absolute Gasteiger partial charge is 0.126 e. The summed E-state index contributed by atoms with van der Waals surface area (Å²) >= 11 is 0. The minimum atomic E-state index is -0.615. The molecule has 5 aromatic rings. The fourth-order valence-corrected chi connectivity index (χ4v) is 6.79. The third-order valence-electron chi connectivity index (χ3n) is 9.87. The molecule has 54 heavy (non-hydrogen) atoms. The minimum absolute atomic E-state index is 0.120. The molecule has 2 aromatic carbocycles. The number of fused-ring (bicyclic) bond motifs is 8. The highest BCUT2D eigenvalue weighted by Crippen LogP contribution is 2.31. The Morgan fingerprint density at radius 1 is 0.537 bits per heavy atom. The lowest BCUT2D eigenvalue weighted by Gasteiger charge is -2.16. The van der Waals surface area contributed by atoms with Crippen molar-refractivity contribution in [1.29, 1.82) is 0 Å². The third-order valence-corrected chi connectivity index (χ3v) is 9.87. The summed E-state index contributed by atoms with van der Waals surface area (Å²) in [5.41, 5.74) is 8.36. The molecule has 4 unspecified atom stereocenters. The van der Waals surface area contributed by atoms with E-state index in [1.54, 1.807) is 0 Å². The largest absolute Gasteiger partial charge is 0.374 e. The van der Waals surface area contributed by atoms with Crippen LogP contribution in [0.2, 0.25) is 0 Å². The van der Waals surface area contributed by atoms with E-state index in [1.165, 1.54) is 24.3 Å². The van der Waals surface area contributed by atoms with Gasteiger partial charge < -0.3 is 19.4 Å². The third kappa shape index (κ3) is 8.89. The Morgan fingerprint density at radius 3 is 1.52 bits per heavy atom. The number of hydrogen-bond acceptors (Lipinski definition) is 4. The average molecular weight is 736 g/mol. The predicted molar refractivity (Wildman–Crippen MR) is 206 cm³/mol. The zero-order valence-corrected chi connectivity index (χ0v) is 30.5. The van der Waals surface area contributed by atoms with Crippen LogP contribution in [-0.2, 0) is 9.47 Å². The predicted octanol–water partition coefficient (Wildman–Crippen LogP) is 11.8. The molecule has 4 atom stereocenters. The first-order valence-electron chi connectivity index (χ1n) is 18.7. The van der Waals surface area contributed by atoms with Crippen LogP contribution in [0.3, 0.4) is 0 Å². The normalized spacial score (nSPS) is 14.9.